The van der Waals surface area contributed by atoms with Gasteiger partial charge in [-0.05, 0) is 12.5 Å². The molecule has 6 heteroatoms. The van der Waals surface area contributed by atoms with Crippen LogP contribution in [0.5, 0.6) is 0 Å². The van der Waals surface area contributed by atoms with Gasteiger partial charge < -0.3 is 15.0 Å². The van der Waals surface area contributed by atoms with Crippen LogP contribution in [0.15, 0.2) is 18.2 Å². The summed E-state index contributed by atoms with van der Waals surface area (Å²) >= 11 is 0. The Hall–Kier alpha value is -1.82. The lowest BCUT2D eigenvalue weighted by Crippen LogP contribution is -2.42. The lowest BCUT2D eigenvalue weighted by Gasteiger charge is -2.34. The van der Waals surface area contributed by atoms with Crippen LogP contribution >= 0.6 is 0 Å². The molecule has 0 aromatic heterocycles. The number of nitro groups is 1. The first-order valence-electron chi connectivity index (χ1n) is 6.47. The molecule has 0 saturated carbocycles. The topological polar surface area (TPSA) is 67.6 Å². The first-order chi connectivity index (χ1) is 9.13. The van der Waals surface area contributed by atoms with E-state index in [-0.39, 0.29) is 16.7 Å². The van der Waals surface area contributed by atoms with Crippen molar-refractivity contribution in [2.24, 2.45) is 0 Å². The molecule has 1 atom stereocenters. The third-order valence-electron chi connectivity index (χ3n) is 3.36. The molecular formula is C13H19N3O3. The lowest BCUT2D eigenvalue weighted by molar-refractivity contribution is -0.384. The highest BCUT2D eigenvalue weighted by Gasteiger charge is 2.21. The van der Waals surface area contributed by atoms with Crippen LogP contribution in [-0.4, -0.2) is 37.8 Å². The molecule has 0 amide bonds. The summed E-state index contributed by atoms with van der Waals surface area (Å²) in [5.74, 6) is 0. The van der Waals surface area contributed by atoms with Gasteiger partial charge in [-0.2, -0.15) is 0 Å². The van der Waals surface area contributed by atoms with Crippen LogP contribution in [0.4, 0.5) is 17.1 Å². The van der Waals surface area contributed by atoms with Gasteiger partial charge in [0.25, 0.3) is 5.69 Å². The van der Waals surface area contributed by atoms with Gasteiger partial charge in [0, 0.05) is 43.6 Å². The van der Waals surface area contributed by atoms with Crippen molar-refractivity contribution in [2.75, 3.05) is 37.0 Å². The van der Waals surface area contributed by atoms with E-state index in [2.05, 4.69) is 17.1 Å². The average molecular weight is 265 g/mol. The normalized spacial score (nSPS) is 19.3. The minimum atomic E-state index is -0.359. The quantitative estimate of drug-likeness (QED) is 0.668. The number of nitro benzene ring substituents is 1. The highest BCUT2D eigenvalue weighted by atomic mass is 16.6. The Balaban J connectivity index is 2.27. The molecule has 0 spiro atoms. The number of nitrogens with one attached hydrogen (secondary N) is 1. The third-order valence-corrected chi connectivity index (χ3v) is 3.36. The molecular weight excluding hydrogens is 246 g/mol. The molecule has 1 saturated heterocycles. The summed E-state index contributed by atoms with van der Waals surface area (Å²) in [6.45, 7) is 4.29. The van der Waals surface area contributed by atoms with Gasteiger partial charge in [-0.1, -0.05) is 6.92 Å². The fourth-order valence-corrected chi connectivity index (χ4v) is 2.23. The molecule has 6 nitrogen and oxygen atoms in total. The molecule has 0 radical (unpaired) electrons. The van der Waals surface area contributed by atoms with Crippen LogP contribution in [0.25, 0.3) is 0 Å². The maximum atomic E-state index is 11.0. The van der Waals surface area contributed by atoms with Gasteiger partial charge in [-0.15, -0.1) is 0 Å². The number of benzene rings is 1. The number of non-ortho nitro benzene ring substituents is 1. The lowest BCUT2D eigenvalue weighted by atomic mass is 10.1. The summed E-state index contributed by atoms with van der Waals surface area (Å²) in [6.07, 6.45) is 1.15. The summed E-state index contributed by atoms with van der Waals surface area (Å²) in [5, 5.41) is 13.9. The number of rotatable bonds is 4. The van der Waals surface area contributed by atoms with Crippen LogP contribution in [0.3, 0.4) is 0 Å². The predicted molar refractivity (Wildman–Crippen MR) is 74.9 cm³/mol. The van der Waals surface area contributed by atoms with Crippen LogP contribution < -0.4 is 10.2 Å². The molecule has 0 aliphatic carbocycles. The van der Waals surface area contributed by atoms with E-state index in [1.54, 1.807) is 19.2 Å². The third kappa shape index (κ3) is 3.14. The van der Waals surface area contributed by atoms with Gasteiger partial charge in [-0.3, -0.25) is 10.1 Å². The highest BCUT2D eigenvalue weighted by Crippen LogP contribution is 2.28. The Bertz CT molecular complexity index is 464. The number of ether oxygens (including phenoxy) is 1. The van der Waals surface area contributed by atoms with Crippen molar-refractivity contribution in [3.63, 3.8) is 0 Å². The molecule has 1 aromatic carbocycles. The second-order valence-electron chi connectivity index (χ2n) is 4.59. The maximum Gasteiger partial charge on any atom is 0.273 e. The zero-order valence-corrected chi connectivity index (χ0v) is 11.3. The fraction of sp³-hybridized carbons (Fsp3) is 0.538. The maximum absolute atomic E-state index is 11.0. The van der Waals surface area contributed by atoms with Crippen molar-refractivity contribution >= 4 is 17.1 Å². The second kappa shape index (κ2) is 5.88. The number of nitrogens with zero attached hydrogens (tertiary/aromatic N) is 2. The molecule has 1 aliphatic heterocycles. The standard InChI is InChI=1S/C13H19N3O3/c1-3-13-9-15(4-5-19-13)11-6-10(14-2)7-12(8-11)16(17)18/h6-8,13-14H,3-5,9H2,1-2H3. The van der Waals surface area contributed by atoms with Gasteiger partial charge in [0.05, 0.1) is 17.6 Å². The minimum absolute atomic E-state index is 0.112. The van der Waals surface area contributed by atoms with Crippen LogP contribution in [0.2, 0.25) is 0 Å². The van der Waals surface area contributed by atoms with E-state index in [9.17, 15) is 10.1 Å². The zero-order valence-electron chi connectivity index (χ0n) is 11.3. The Labute approximate surface area is 112 Å². The molecule has 1 heterocycles. The molecule has 1 fully saturated rings. The summed E-state index contributed by atoms with van der Waals surface area (Å²) in [6, 6.07) is 5.10. The van der Waals surface area contributed by atoms with Gasteiger partial charge in [0.1, 0.15) is 0 Å². The minimum Gasteiger partial charge on any atom is -0.388 e. The van der Waals surface area contributed by atoms with Crippen molar-refractivity contribution in [3.8, 4) is 0 Å². The summed E-state index contributed by atoms with van der Waals surface area (Å²) in [4.78, 5) is 12.7. The molecule has 19 heavy (non-hydrogen) atoms. The van der Waals surface area contributed by atoms with E-state index < -0.39 is 0 Å². The molecule has 1 aromatic rings. The van der Waals surface area contributed by atoms with Crippen LogP contribution in [-0.2, 0) is 4.74 Å². The fourth-order valence-electron chi connectivity index (χ4n) is 2.23. The first-order valence-corrected chi connectivity index (χ1v) is 6.47. The van der Waals surface area contributed by atoms with Gasteiger partial charge in [0.2, 0.25) is 0 Å². The zero-order chi connectivity index (χ0) is 13.8. The Kier molecular flexibility index (Phi) is 4.21. The predicted octanol–water partition coefficient (Wildman–Crippen LogP) is 2.25. The Morgan fingerprint density at radius 2 is 2.32 bits per heavy atom. The molecule has 1 aliphatic rings. The van der Waals surface area contributed by atoms with E-state index in [1.807, 2.05) is 6.07 Å². The number of hydrogen-bond acceptors (Lipinski definition) is 5. The summed E-state index contributed by atoms with van der Waals surface area (Å²) in [7, 11) is 1.76. The molecule has 1 N–H and O–H groups in total. The summed E-state index contributed by atoms with van der Waals surface area (Å²) < 4.78 is 5.62. The SMILES string of the molecule is CCC1CN(c2cc(NC)cc([N+](=O)[O-])c2)CCO1. The van der Waals surface area contributed by atoms with Gasteiger partial charge >= 0.3 is 0 Å². The van der Waals surface area contributed by atoms with E-state index in [4.69, 9.17) is 4.74 Å². The van der Waals surface area contributed by atoms with Crippen LogP contribution in [0, 0.1) is 10.1 Å². The molecule has 104 valence electrons. The van der Waals surface area contributed by atoms with Crippen molar-refractivity contribution < 1.29 is 9.66 Å². The van der Waals surface area contributed by atoms with Crippen LogP contribution in [0.1, 0.15) is 13.3 Å². The number of hydrogen-bond donors (Lipinski definition) is 1. The first kappa shape index (κ1) is 13.6. The molecule has 0 bridgehead atoms. The average Bonchev–Trinajstić information content (AvgIpc) is 2.46. The van der Waals surface area contributed by atoms with Crippen molar-refractivity contribution in [3.05, 3.63) is 28.3 Å². The van der Waals surface area contributed by atoms with E-state index in [0.29, 0.717) is 6.61 Å². The van der Waals surface area contributed by atoms with Crippen molar-refractivity contribution in [1.82, 2.24) is 0 Å². The van der Waals surface area contributed by atoms with E-state index in [1.165, 1.54) is 0 Å². The van der Waals surface area contributed by atoms with Crippen molar-refractivity contribution in [2.45, 2.75) is 19.4 Å². The summed E-state index contributed by atoms with van der Waals surface area (Å²) in [5.41, 5.74) is 1.74. The van der Waals surface area contributed by atoms with Gasteiger partial charge in [-0.25, -0.2) is 0 Å². The monoisotopic (exact) mass is 265 g/mol. The largest absolute Gasteiger partial charge is 0.388 e. The molecule has 1 unspecified atom stereocenters. The smallest absolute Gasteiger partial charge is 0.273 e. The number of anilines is 2. The highest BCUT2D eigenvalue weighted by molar-refractivity contribution is 5.64. The second-order valence-corrected chi connectivity index (χ2v) is 4.59. The van der Waals surface area contributed by atoms with Crippen molar-refractivity contribution in [1.29, 1.82) is 0 Å². The Morgan fingerprint density at radius 1 is 1.53 bits per heavy atom. The Morgan fingerprint density at radius 3 is 2.95 bits per heavy atom. The van der Waals surface area contributed by atoms with E-state index >= 15 is 0 Å². The molecule has 2 rings (SSSR count). The number of morpholine rings is 1. The van der Waals surface area contributed by atoms with Gasteiger partial charge in [0.15, 0.2) is 0 Å². The van der Waals surface area contributed by atoms with E-state index in [0.717, 1.165) is 30.9 Å².